The molecule has 4 heteroatoms. The van der Waals surface area contributed by atoms with E-state index in [1.165, 1.54) is 6.07 Å². The molecule has 0 aliphatic heterocycles. The van der Waals surface area contributed by atoms with Crippen molar-refractivity contribution in [2.45, 2.75) is 6.43 Å². The number of pyridine rings is 1. The third kappa shape index (κ3) is 2.16. The minimum Gasteiger partial charge on any atom is -0.399 e. The normalized spacial score (nSPS) is 10.7. The molecule has 16 heavy (non-hydrogen) atoms. The average Bonchev–Trinajstić information content (AvgIpc) is 2.30. The zero-order valence-electron chi connectivity index (χ0n) is 8.40. The van der Waals surface area contributed by atoms with Crippen molar-refractivity contribution in [3.05, 3.63) is 48.2 Å². The van der Waals surface area contributed by atoms with Crippen LogP contribution in [0.1, 0.15) is 12.1 Å². The third-order valence-electron chi connectivity index (χ3n) is 2.20. The average molecular weight is 220 g/mol. The molecule has 2 N–H and O–H groups in total. The van der Waals surface area contributed by atoms with E-state index in [4.69, 9.17) is 5.73 Å². The summed E-state index contributed by atoms with van der Waals surface area (Å²) in [5.74, 6) is 0. The number of hydrogen-bond donors (Lipinski definition) is 1. The SMILES string of the molecule is Nc1ccc(-c2cccc(C(F)F)n2)cc1. The van der Waals surface area contributed by atoms with Crippen molar-refractivity contribution in [1.29, 1.82) is 0 Å². The summed E-state index contributed by atoms with van der Waals surface area (Å²) in [6.45, 7) is 0. The number of aromatic nitrogens is 1. The lowest BCUT2D eigenvalue weighted by atomic mass is 10.1. The molecule has 0 unspecified atom stereocenters. The number of halogens is 2. The van der Waals surface area contributed by atoms with Crippen molar-refractivity contribution in [2.75, 3.05) is 5.73 Å². The molecule has 0 aliphatic rings. The predicted octanol–water partition coefficient (Wildman–Crippen LogP) is 3.27. The van der Waals surface area contributed by atoms with Crippen LogP contribution in [0, 0.1) is 0 Å². The van der Waals surface area contributed by atoms with E-state index in [0.717, 1.165) is 5.56 Å². The quantitative estimate of drug-likeness (QED) is 0.789. The van der Waals surface area contributed by atoms with Crippen molar-refractivity contribution in [2.24, 2.45) is 0 Å². The Bertz CT molecular complexity index is 481. The van der Waals surface area contributed by atoms with Gasteiger partial charge in [-0.1, -0.05) is 18.2 Å². The first-order chi connectivity index (χ1) is 7.66. The van der Waals surface area contributed by atoms with E-state index in [2.05, 4.69) is 4.98 Å². The van der Waals surface area contributed by atoms with Gasteiger partial charge in [0.05, 0.1) is 5.69 Å². The zero-order valence-corrected chi connectivity index (χ0v) is 8.40. The van der Waals surface area contributed by atoms with Gasteiger partial charge in [0.2, 0.25) is 0 Å². The van der Waals surface area contributed by atoms with E-state index in [9.17, 15) is 8.78 Å². The van der Waals surface area contributed by atoms with Gasteiger partial charge in [-0.2, -0.15) is 0 Å². The summed E-state index contributed by atoms with van der Waals surface area (Å²) in [7, 11) is 0. The first kappa shape index (κ1) is 10.5. The van der Waals surface area contributed by atoms with E-state index in [1.54, 1.807) is 36.4 Å². The molecule has 0 atom stereocenters. The van der Waals surface area contributed by atoms with Gasteiger partial charge in [0.15, 0.2) is 0 Å². The Labute approximate surface area is 91.7 Å². The first-order valence-electron chi connectivity index (χ1n) is 4.78. The molecule has 1 aromatic carbocycles. The van der Waals surface area contributed by atoms with Crippen LogP contribution in [0.3, 0.4) is 0 Å². The van der Waals surface area contributed by atoms with Crippen LogP contribution in [0.5, 0.6) is 0 Å². The summed E-state index contributed by atoms with van der Waals surface area (Å²) in [6, 6.07) is 11.5. The van der Waals surface area contributed by atoms with Gasteiger partial charge in [0.1, 0.15) is 5.69 Å². The highest BCUT2D eigenvalue weighted by Crippen LogP contribution is 2.22. The molecule has 1 aromatic heterocycles. The molecular weight excluding hydrogens is 210 g/mol. The lowest BCUT2D eigenvalue weighted by molar-refractivity contribution is 0.146. The van der Waals surface area contributed by atoms with Gasteiger partial charge in [-0.05, 0) is 24.3 Å². The number of rotatable bonds is 2. The fourth-order valence-corrected chi connectivity index (χ4v) is 1.39. The molecule has 0 aliphatic carbocycles. The second kappa shape index (κ2) is 4.26. The molecule has 2 aromatic rings. The molecular formula is C12H10F2N2. The molecule has 0 saturated heterocycles. The molecule has 2 rings (SSSR count). The van der Waals surface area contributed by atoms with E-state index < -0.39 is 6.43 Å². The van der Waals surface area contributed by atoms with Crippen LogP contribution in [0.15, 0.2) is 42.5 Å². The highest BCUT2D eigenvalue weighted by Gasteiger charge is 2.09. The minimum atomic E-state index is -2.55. The molecule has 0 saturated carbocycles. The fourth-order valence-electron chi connectivity index (χ4n) is 1.39. The Hall–Kier alpha value is -1.97. The summed E-state index contributed by atoms with van der Waals surface area (Å²) in [6.07, 6.45) is -2.55. The van der Waals surface area contributed by atoms with Crippen LogP contribution < -0.4 is 5.73 Å². The second-order valence-corrected chi connectivity index (χ2v) is 3.37. The lowest BCUT2D eigenvalue weighted by Gasteiger charge is -2.04. The van der Waals surface area contributed by atoms with Gasteiger partial charge in [-0.25, -0.2) is 13.8 Å². The molecule has 0 radical (unpaired) electrons. The van der Waals surface area contributed by atoms with Gasteiger partial charge >= 0.3 is 0 Å². The van der Waals surface area contributed by atoms with Crippen molar-refractivity contribution in [3.8, 4) is 11.3 Å². The summed E-state index contributed by atoms with van der Waals surface area (Å²) in [5.41, 5.74) is 7.26. The first-order valence-corrected chi connectivity index (χ1v) is 4.78. The molecule has 82 valence electrons. The molecule has 1 heterocycles. The largest absolute Gasteiger partial charge is 0.399 e. The molecule has 2 nitrogen and oxygen atoms in total. The Kier molecular flexibility index (Phi) is 2.81. The maximum atomic E-state index is 12.4. The topological polar surface area (TPSA) is 38.9 Å². The molecule has 0 fully saturated rings. The maximum absolute atomic E-state index is 12.4. The molecule has 0 bridgehead atoms. The lowest BCUT2D eigenvalue weighted by Crippen LogP contribution is -1.92. The number of nitrogens with zero attached hydrogens (tertiary/aromatic N) is 1. The minimum absolute atomic E-state index is 0.214. The van der Waals surface area contributed by atoms with Crippen molar-refractivity contribution >= 4 is 5.69 Å². The van der Waals surface area contributed by atoms with Crippen LogP contribution >= 0.6 is 0 Å². The highest BCUT2D eigenvalue weighted by atomic mass is 19.3. The van der Waals surface area contributed by atoms with Crippen molar-refractivity contribution < 1.29 is 8.78 Å². The van der Waals surface area contributed by atoms with E-state index in [1.807, 2.05) is 0 Å². The van der Waals surface area contributed by atoms with Crippen molar-refractivity contribution in [1.82, 2.24) is 4.98 Å². The van der Waals surface area contributed by atoms with Gasteiger partial charge < -0.3 is 5.73 Å². The second-order valence-electron chi connectivity index (χ2n) is 3.37. The number of alkyl halides is 2. The van der Waals surface area contributed by atoms with E-state index in [0.29, 0.717) is 11.4 Å². The van der Waals surface area contributed by atoms with Gasteiger partial charge in [0.25, 0.3) is 6.43 Å². The number of nitrogens with two attached hydrogens (primary N) is 1. The highest BCUT2D eigenvalue weighted by molar-refractivity contribution is 5.61. The maximum Gasteiger partial charge on any atom is 0.280 e. The Morgan fingerprint density at radius 3 is 2.31 bits per heavy atom. The predicted molar refractivity (Wildman–Crippen MR) is 59.0 cm³/mol. The molecule has 0 amide bonds. The van der Waals surface area contributed by atoms with Crippen LogP contribution in [-0.2, 0) is 0 Å². The van der Waals surface area contributed by atoms with Crippen LogP contribution in [0.2, 0.25) is 0 Å². The number of anilines is 1. The van der Waals surface area contributed by atoms with Gasteiger partial charge in [-0.3, -0.25) is 0 Å². The number of hydrogen-bond acceptors (Lipinski definition) is 2. The third-order valence-corrected chi connectivity index (χ3v) is 2.20. The Morgan fingerprint density at radius 1 is 1.00 bits per heavy atom. The van der Waals surface area contributed by atoms with Crippen molar-refractivity contribution in [3.63, 3.8) is 0 Å². The van der Waals surface area contributed by atoms with Gasteiger partial charge in [0, 0.05) is 11.3 Å². The Morgan fingerprint density at radius 2 is 1.69 bits per heavy atom. The summed E-state index contributed by atoms with van der Waals surface area (Å²) < 4.78 is 24.9. The van der Waals surface area contributed by atoms with Crippen LogP contribution in [0.25, 0.3) is 11.3 Å². The van der Waals surface area contributed by atoms with E-state index in [-0.39, 0.29) is 5.69 Å². The standard InChI is InChI=1S/C12H10F2N2/c13-12(14)11-3-1-2-10(16-11)8-4-6-9(15)7-5-8/h1-7,12H,15H2. The van der Waals surface area contributed by atoms with Crippen LogP contribution in [-0.4, -0.2) is 4.98 Å². The number of nitrogen functional groups attached to an aromatic ring is 1. The van der Waals surface area contributed by atoms with Gasteiger partial charge in [-0.15, -0.1) is 0 Å². The number of benzene rings is 1. The zero-order chi connectivity index (χ0) is 11.5. The van der Waals surface area contributed by atoms with Crippen LogP contribution in [0.4, 0.5) is 14.5 Å². The smallest absolute Gasteiger partial charge is 0.280 e. The summed E-state index contributed by atoms with van der Waals surface area (Å²) >= 11 is 0. The monoisotopic (exact) mass is 220 g/mol. The molecule has 0 spiro atoms. The summed E-state index contributed by atoms with van der Waals surface area (Å²) in [5, 5.41) is 0. The summed E-state index contributed by atoms with van der Waals surface area (Å²) in [4.78, 5) is 3.88. The van der Waals surface area contributed by atoms with E-state index >= 15 is 0 Å². The fraction of sp³-hybridized carbons (Fsp3) is 0.0833. The Balaban J connectivity index is 2.40.